The highest BCUT2D eigenvalue weighted by Crippen LogP contribution is 2.29. The molecule has 17 heavy (non-hydrogen) atoms. The van der Waals surface area contributed by atoms with Gasteiger partial charge in [-0.2, -0.15) is 0 Å². The Morgan fingerprint density at radius 2 is 2.12 bits per heavy atom. The molecule has 1 amide bonds. The van der Waals surface area contributed by atoms with E-state index in [2.05, 4.69) is 10.6 Å². The Balaban J connectivity index is 2.00. The van der Waals surface area contributed by atoms with Crippen LogP contribution in [-0.2, 0) is 4.74 Å². The van der Waals surface area contributed by atoms with Gasteiger partial charge in [0, 0.05) is 12.2 Å². The number of alkyl carbamates (subject to hydrolysis) is 1. The van der Waals surface area contributed by atoms with Crippen molar-refractivity contribution in [2.45, 2.75) is 32.4 Å². The van der Waals surface area contributed by atoms with Gasteiger partial charge in [-0.05, 0) is 32.4 Å². The highest BCUT2D eigenvalue weighted by atomic mass is 16.6. The van der Waals surface area contributed by atoms with Crippen LogP contribution >= 0.6 is 0 Å². The minimum Gasteiger partial charge on any atom is -0.444 e. The Labute approximate surface area is 101 Å². The van der Waals surface area contributed by atoms with Crippen molar-refractivity contribution in [1.82, 2.24) is 5.32 Å². The zero-order valence-electron chi connectivity index (χ0n) is 10.4. The highest BCUT2D eigenvalue weighted by molar-refractivity contribution is 5.70. The number of amides is 1. The van der Waals surface area contributed by atoms with E-state index in [4.69, 9.17) is 4.74 Å². The summed E-state index contributed by atoms with van der Waals surface area (Å²) in [6.07, 6.45) is -0.374. The topological polar surface area (TPSA) is 50.4 Å². The molecular weight excluding hydrogens is 216 g/mol. The van der Waals surface area contributed by atoms with Gasteiger partial charge in [0.1, 0.15) is 5.60 Å². The molecule has 1 atom stereocenters. The van der Waals surface area contributed by atoms with Gasteiger partial charge in [0.15, 0.2) is 0 Å². The van der Waals surface area contributed by atoms with Crippen molar-refractivity contribution in [1.29, 1.82) is 0 Å². The van der Waals surface area contributed by atoms with Crippen molar-refractivity contribution in [2.24, 2.45) is 0 Å². The highest BCUT2D eigenvalue weighted by Gasteiger charge is 2.25. The predicted molar refractivity (Wildman–Crippen MR) is 67.0 cm³/mol. The van der Waals surface area contributed by atoms with E-state index in [1.165, 1.54) is 0 Å². The molecular formula is C13H18N2O2. The molecule has 1 heterocycles. The summed E-state index contributed by atoms with van der Waals surface area (Å²) in [4.78, 5) is 11.7. The Kier molecular flexibility index (Phi) is 2.96. The number of carbonyl (C=O) groups excluding carboxylic acids is 1. The Hall–Kier alpha value is -1.71. The third-order valence-corrected chi connectivity index (χ3v) is 2.52. The summed E-state index contributed by atoms with van der Waals surface area (Å²) < 4.78 is 5.24. The quantitative estimate of drug-likeness (QED) is 0.785. The van der Waals surface area contributed by atoms with Gasteiger partial charge in [0.25, 0.3) is 0 Å². The second-order valence-corrected chi connectivity index (χ2v) is 5.17. The first kappa shape index (κ1) is 11.8. The molecule has 0 saturated heterocycles. The Bertz CT molecular complexity index is 424. The second kappa shape index (κ2) is 4.28. The number of ether oxygens (including phenoxy) is 1. The Morgan fingerprint density at radius 3 is 2.82 bits per heavy atom. The van der Waals surface area contributed by atoms with Crippen LogP contribution in [0.5, 0.6) is 0 Å². The molecule has 0 fully saturated rings. The minimum absolute atomic E-state index is 0.0129. The van der Waals surface area contributed by atoms with Crippen LogP contribution in [0.25, 0.3) is 0 Å². The summed E-state index contributed by atoms with van der Waals surface area (Å²) in [6.45, 7) is 6.27. The summed E-state index contributed by atoms with van der Waals surface area (Å²) in [5, 5.41) is 6.12. The van der Waals surface area contributed by atoms with Gasteiger partial charge >= 0.3 is 6.09 Å². The molecule has 0 radical (unpaired) electrons. The van der Waals surface area contributed by atoms with Gasteiger partial charge in [0.05, 0.1) is 6.04 Å². The van der Waals surface area contributed by atoms with Crippen LogP contribution in [0.4, 0.5) is 10.5 Å². The number of nitrogens with one attached hydrogen (secondary N) is 2. The van der Waals surface area contributed by atoms with Gasteiger partial charge in [-0.1, -0.05) is 18.2 Å². The summed E-state index contributed by atoms with van der Waals surface area (Å²) >= 11 is 0. The number of rotatable bonds is 1. The number of fused-ring (bicyclic) bond motifs is 1. The molecule has 0 aromatic heterocycles. The summed E-state index contributed by atoms with van der Waals surface area (Å²) in [6, 6.07) is 7.95. The van der Waals surface area contributed by atoms with Crippen molar-refractivity contribution in [3.63, 3.8) is 0 Å². The molecule has 0 aliphatic carbocycles. The first-order valence-corrected chi connectivity index (χ1v) is 5.78. The molecule has 1 aromatic carbocycles. The van der Waals surface area contributed by atoms with E-state index in [0.29, 0.717) is 6.54 Å². The van der Waals surface area contributed by atoms with Crippen molar-refractivity contribution >= 4 is 11.8 Å². The van der Waals surface area contributed by atoms with Gasteiger partial charge in [-0.25, -0.2) is 4.79 Å². The number of hydrogen-bond donors (Lipinski definition) is 2. The van der Waals surface area contributed by atoms with Crippen LogP contribution in [0.2, 0.25) is 0 Å². The monoisotopic (exact) mass is 234 g/mol. The smallest absolute Gasteiger partial charge is 0.408 e. The molecule has 0 spiro atoms. The van der Waals surface area contributed by atoms with E-state index in [1.54, 1.807) is 0 Å². The number of carbonyl (C=O) groups is 1. The summed E-state index contributed by atoms with van der Waals surface area (Å²) in [5.41, 5.74) is 1.72. The largest absolute Gasteiger partial charge is 0.444 e. The molecule has 2 N–H and O–H groups in total. The molecule has 0 saturated carbocycles. The molecule has 0 bridgehead atoms. The average molecular weight is 234 g/mol. The van der Waals surface area contributed by atoms with Crippen LogP contribution in [0.15, 0.2) is 24.3 Å². The second-order valence-electron chi connectivity index (χ2n) is 5.17. The normalized spacial score (nSPS) is 18.2. The molecule has 4 heteroatoms. The van der Waals surface area contributed by atoms with E-state index in [1.807, 2.05) is 45.0 Å². The lowest BCUT2D eigenvalue weighted by Crippen LogP contribution is -2.35. The van der Waals surface area contributed by atoms with E-state index < -0.39 is 5.60 Å². The van der Waals surface area contributed by atoms with Gasteiger partial charge < -0.3 is 15.4 Å². The van der Waals surface area contributed by atoms with E-state index in [0.717, 1.165) is 11.3 Å². The van der Waals surface area contributed by atoms with Crippen LogP contribution in [-0.4, -0.2) is 18.2 Å². The molecule has 1 aliphatic rings. The average Bonchev–Trinajstić information content (AvgIpc) is 2.59. The predicted octanol–water partition coefficient (Wildman–Crippen LogP) is 2.68. The van der Waals surface area contributed by atoms with Crippen molar-refractivity contribution in [3.05, 3.63) is 29.8 Å². The van der Waals surface area contributed by atoms with Crippen molar-refractivity contribution in [2.75, 3.05) is 11.9 Å². The maximum absolute atomic E-state index is 11.7. The van der Waals surface area contributed by atoms with Gasteiger partial charge in [-0.3, -0.25) is 0 Å². The van der Waals surface area contributed by atoms with Crippen LogP contribution in [0, 0.1) is 0 Å². The fraction of sp³-hybridized carbons (Fsp3) is 0.462. The SMILES string of the molecule is CC(C)(C)OC(=O)N[C@@H]1CNc2ccccc21. The molecule has 92 valence electrons. The lowest BCUT2D eigenvalue weighted by molar-refractivity contribution is 0.0508. The molecule has 2 rings (SSSR count). The summed E-state index contributed by atoms with van der Waals surface area (Å²) in [5.74, 6) is 0. The van der Waals surface area contributed by atoms with E-state index in [9.17, 15) is 4.79 Å². The maximum Gasteiger partial charge on any atom is 0.408 e. The Morgan fingerprint density at radius 1 is 1.41 bits per heavy atom. The lowest BCUT2D eigenvalue weighted by Gasteiger charge is -2.21. The fourth-order valence-electron chi connectivity index (χ4n) is 1.86. The zero-order chi connectivity index (χ0) is 12.5. The lowest BCUT2D eigenvalue weighted by atomic mass is 10.1. The van der Waals surface area contributed by atoms with Crippen LogP contribution in [0.1, 0.15) is 32.4 Å². The first-order valence-electron chi connectivity index (χ1n) is 5.78. The van der Waals surface area contributed by atoms with Crippen molar-refractivity contribution < 1.29 is 9.53 Å². The number of anilines is 1. The first-order chi connectivity index (χ1) is 7.96. The number of hydrogen-bond acceptors (Lipinski definition) is 3. The third kappa shape index (κ3) is 2.90. The standard InChI is InChI=1S/C13H18N2O2/c1-13(2,3)17-12(16)15-11-8-14-10-7-5-4-6-9(10)11/h4-7,11,14H,8H2,1-3H3,(H,15,16)/t11-/m1/s1. The van der Waals surface area contributed by atoms with Crippen LogP contribution in [0.3, 0.4) is 0 Å². The number of para-hydroxylation sites is 1. The van der Waals surface area contributed by atoms with Gasteiger partial charge in [0.2, 0.25) is 0 Å². The molecule has 1 aromatic rings. The zero-order valence-corrected chi connectivity index (χ0v) is 10.4. The van der Waals surface area contributed by atoms with Crippen LogP contribution < -0.4 is 10.6 Å². The van der Waals surface area contributed by atoms with Gasteiger partial charge in [-0.15, -0.1) is 0 Å². The fourth-order valence-corrected chi connectivity index (χ4v) is 1.86. The third-order valence-electron chi connectivity index (χ3n) is 2.52. The maximum atomic E-state index is 11.7. The molecule has 1 aliphatic heterocycles. The summed E-state index contributed by atoms with van der Waals surface area (Å²) in [7, 11) is 0. The van der Waals surface area contributed by atoms with E-state index in [-0.39, 0.29) is 12.1 Å². The minimum atomic E-state index is -0.463. The number of benzene rings is 1. The molecule has 0 unspecified atom stereocenters. The van der Waals surface area contributed by atoms with E-state index >= 15 is 0 Å². The van der Waals surface area contributed by atoms with Crippen molar-refractivity contribution in [3.8, 4) is 0 Å². The molecule has 4 nitrogen and oxygen atoms in total.